The summed E-state index contributed by atoms with van der Waals surface area (Å²) in [4.78, 5) is 32.5. The van der Waals surface area contributed by atoms with E-state index in [-0.39, 0.29) is 11.8 Å². The lowest BCUT2D eigenvalue weighted by molar-refractivity contribution is -0.133. The molecule has 5 nitrogen and oxygen atoms in total. The van der Waals surface area contributed by atoms with Gasteiger partial charge >= 0.3 is 0 Å². The smallest absolute Gasteiger partial charge is 0.272 e. The van der Waals surface area contributed by atoms with Crippen molar-refractivity contribution < 1.29 is 9.59 Å². The number of nitrogens with zero attached hydrogens (tertiary/aromatic N) is 2. The van der Waals surface area contributed by atoms with Gasteiger partial charge in [-0.2, -0.15) is 0 Å². The third-order valence-corrected chi connectivity index (χ3v) is 6.39. The van der Waals surface area contributed by atoms with E-state index in [4.69, 9.17) is 0 Å². The number of amides is 2. The summed E-state index contributed by atoms with van der Waals surface area (Å²) >= 11 is 0. The van der Waals surface area contributed by atoms with Gasteiger partial charge in [0.2, 0.25) is 5.91 Å². The summed E-state index contributed by atoms with van der Waals surface area (Å²) in [5.74, 6) is -0.0954. The molecule has 4 rings (SSSR count). The van der Waals surface area contributed by atoms with Crippen molar-refractivity contribution >= 4 is 11.8 Å². The number of hydrogen-bond donors (Lipinski definition) is 1. The number of hydrogen-bond acceptors (Lipinski definition) is 3. The van der Waals surface area contributed by atoms with Gasteiger partial charge in [-0.25, -0.2) is 0 Å². The molecule has 170 valence electrons. The van der Waals surface area contributed by atoms with Crippen LogP contribution < -0.4 is 5.32 Å². The van der Waals surface area contributed by atoms with Gasteiger partial charge in [0.25, 0.3) is 5.91 Å². The highest BCUT2D eigenvalue weighted by Crippen LogP contribution is 2.36. The number of aromatic nitrogens is 1. The van der Waals surface area contributed by atoms with Gasteiger partial charge in [0.1, 0.15) is 5.69 Å². The third kappa shape index (κ3) is 5.14. The third-order valence-electron chi connectivity index (χ3n) is 6.39. The summed E-state index contributed by atoms with van der Waals surface area (Å²) < 4.78 is 0. The van der Waals surface area contributed by atoms with E-state index in [0.29, 0.717) is 31.7 Å². The molecule has 2 amide bonds. The molecule has 5 heteroatoms. The molecular formula is C28H31N3O2. The van der Waals surface area contributed by atoms with Crippen LogP contribution in [0.1, 0.15) is 41.4 Å². The first-order chi connectivity index (χ1) is 16.0. The molecule has 1 aliphatic rings. The molecule has 1 fully saturated rings. The predicted octanol–water partition coefficient (Wildman–Crippen LogP) is 4.66. The maximum absolute atomic E-state index is 13.4. The first-order valence-corrected chi connectivity index (χ1v) is 11.7. The summed E-state index contributed by atoms with van der Waals surface area (Å²) in [5, 5.41) is 3.04. The van der Waals surface area contributed by atoms with Crippen LogP contribution in [-0.4, -0.2) is 41.3 Å². The van der Waals surface area contributed by atoms with E-state index >= 15 is 0 Å². The lowest BCUT2D eigenvalue weighted by atomic mass is 9.74. The van der Waals surface area contributed by atoms with Crippen LogP contribution in [0, 0.1) is 12.3 Å². The van der Waals surface area contributed by atoms with Crippen LogP contribution in [0.4, 0.5) is 0 Å². The lowest BCUT2D eigenvalue weighted by Crippen LogP contribution is -2.54. The fourth-order valence-electron chi connectivity index (χ4n) is 4.79. The van der Waals surface area contributed by atoms with Gasteiger partial charge in [-0.15, -0.1) is 0 Å². The van der Waals surface area contributed by atoms with Crippen molar-refractivity contribution in [2.75, 3.05) is 19.6 Å². The van der Waals surface area contributed by atoms with Crippen molar-refractivity contribution in [3.8, 4) is 11.1 Å². The molecule has 1 N–H and O–H groups in total. The molecule has 1 aliphatic heterocycles. The number of rotatable bonds is 6. The average Bonchev–Trinajstić information content (AvgIpc) is 2.84. The Morgan fingerprint density at radius 3 is 2.55 bits per heavy atom. The summed E-state index contributed by atoms with van der Waals surface area (Å²) in [6, 6.07) is 22.2. The summed E-state index contributed by atoms with van der Waals surface area (Å²) in [5.41, 5.74) is 4.38. The Labute approximate surface area is 195 Å². The number of benzene rings is 2. The molecule has 1 aromatic heterocycles. The molecule has 2 aromatic carbocycles. The molecule has 0 unspecified atom stereocenters. The first-order valence-electron chi connectivity index (χ1n) is 11.7. The normalized spacial score (nSPS) is 18.1. The number of piperidine rings is 1. The fraction of sp³-hybridized carbons (Fsp3) is 0.321. The SMILES string of the molecule is CCNC(=O)[C@]1(Cc2cccc(-c3cccc(C)c3)c2)CCCN(C(=O)c2ccccn2)C1. The van der Waals surface area contributed by atoms with Crippen molar-refractivity contribution in [2.24, 2.45) is 5.41 Å². The second kappa shape index (κ2) is 9.99. The first kappa shape index (κ1) is 22.7. The fourth-order valence-corrected chi connectivity index (χ4v) is 4.79. The maximum Gasteiger partial charge on any atom is 0.272 e. The maximum atomic E-state index is 13.4. The van der Waals surface area contributed by atoms with Gasteiger partial charge in [0.15, 0.2) is 0 Å². The van der Waals surface area contributed by atoms with Gasteiger partial charge in [-0.3, -0.25) is 14.6 Å². The number of carbonyl (C=O) groups is 2. The molecule has 3 aromatic rings. The highest BCUT2D eigenvalue weighted by atomic mass is 16.2. The van der Waals surface area contributed by atoms with Crippen LogP contribution in [0.3, 0.4) is 0 Å². The number of likely N-dealkylation sites (tertiary alicyclic amines) is 1. The van der Waals surface area contributed by atoms with E-state index in [9.17, 15) is 9.59 Å². The van der Waals surface area contributed by atoms with Crippen molar-refractivity contribution in [1.82, 2.24) is 15.2 Å². The van der Waals surface area contributed by atoms with Crippen molar-refractivity contribution in [2.45, 2.75) is 33.1 Å². The van der Waals surface area contributed by atoms with Crippen LogP contribution in [0.2, 0.25) is 0 Å². The van der Waals surface area contributed by atoms with Gasteiger partial charge < -0.3 is 10.2 Å². The van der Waals surface area contributed by atoms with E-state index in [1.807, 2.05) is 13.0 Å². The topological polar surface area (TPSA) is 62.3 Å². The molecule has 0 bridgehead atoms. The Balaban J connectivity index is 1.63. The number of pyridine rings is 1. The van der Waals surface area contributed by atoms with Crippen LogP contribution in [0.5, 0.6) is 0 Å². The Morgan fingerprint density at radius 2 is 1.82 bits per heavy atom. The zero-order valence-corrected chi connectivity index (χ0v) is 19.4. The Hall–Kier alpha value is -3.47. The van der Waals surface area contributed by atoms with Gasteiger partial charge in [-0.05, 0) is 61.9 Å². The Morgan fingerprint density at radius 1 is 1.03 bits per heavy atom. The zero-order chi connectivity index (χ0) is 23.3. The monoisotopic (exact) mass is 441 g/mol. The summed E-state index contributed by atoms with van der Waals surface area (Å²) in [6.07, 6.45) is 3.75. The van der Waals surface area contributed by atoms with E-state index in [1.165, 1.54) is 11.1 Å². The van der Waals surface area contributed by atoms with E-state index < -0.39 is 5.41 Å². The van der Waals surface area contributed by atoms with Crippen LogP contribution in [0.15, 0.2) is 72.9 Å². The largest absolute Gasteiger partial charge is 0.356 e. The molecule has 0 spiro atoms. The Kier molecular flexibility index (Phi) is 6.87. The molecular weight excluding hydrogens is 410 g/mol. The molecule has 33 heavy (non-hydrogen) atoms. The number of aryl methyl sites for hydroxylation is 1. The summed E-state index contributed by atoms with van der Waals surface area (Å²) in [6.45, 7) is 5.62. The van der Waals surface area contributed by atoms with Gasteiger partial charge in [0, 0.05) is 25.8 Å². The lowest BCUT2D eigenvalue weighted by Gasteiger charge is -2.41. The second-order valence-corrected chi connectivity index (χ2v) is 8.93. The molecule has 2 heterocycles. The van der Waals surface area contributed by atoms with Crippen molar-refractivity contribution in [1.29, 1.82) is 0 Å². The average molecular weight is 442 g/mol. The quantitative estimate of drug-likeness (QED) is 0.605. The van der Waals surface area contributed by atoms with E-state index in [0.717, 1.165) is 24.0 Å². The van der Waals surface area contributed by atoms with Crippen LogP contribution in [-0.2, 0) is 11.2 Å². The highest BCUT2D eigenvalue weighted by molar-refractivity contribution is 5.93. The summed E-state index contributed by atoms with van der Waals surface area (Å²) in [7, 11) is 0. The molecule has 0 saturated carbocycles. The molecule has 0 aliphatic carbocycles. The minimum atomic E-state index is -0.663. The van der Waals surface area contributed by atoms with Gasteiger partial charge in [-0.1, -0.05) is 60.2 Å². The molecule has 1 saturated heterocycles. The number of carbonyl (C=O) groups excluding carboxylic acids is 2. The zero-order valence-electron chi connectivity index (χ0n) is 19.4. The highest BCUT2D eigenvalue weighted by Gasteiger charge is 2.43. The van der Waals surface area contributed by atoms with Crippen molar-refractivity contribution in [3.63, 3.8) is 0 Å². The van der Waals surface area contributed by atoms with Crippen LogP contribution in [0.25, 0.3) is 11.1 Å². The van der Waals surface area contributed by atoms with Crippen LogP contribution >= 0.6 is 0 Å². The van der Waals surface area contributed by atoms with E-state index in [2.05, 4.69) is 65.8 Å². The molecule has 1 atom stereocenters. The minimum Gasteiger partial charge on any atom is -0.356 e. The standard InChI is InChI=1S/C28H31N3O2/c1-3-29-27(33)28(14-8-16-31(20-28)26(32)25-13-4-5-15-30-25)19-22-10-7-12-24(18-22)23-11-6-9-21(2)17-23/h4-7,9-13,15,17-18H,3,8,14,16,19-20H2,1-2H3,(H,29,33)/t28-/m0/s1. The number of nitrogens with one attached hydrogen (secondary N) is 1. The predicted molar refractivity (Wildman–Crippen MR) is 131 cm³/mol. The van der Waals surface area contributed by atoms with Gasteiger partial charge in [0.05, 0.1) is 5.41 Å². The van der Waals surface area contributed by atoms with Crippen molar-refractivity contribution in [3.05, 3.63) is 89.7 Å². The minimum absolute atomic E-state index is 0.0180. The molecule has 0 radical (unpaired) electrons. The Bertz CT molecular complexity index is 1130. The second-order valence-electron chi connectivity index (χ2n) is 8.93. The van der Waals surface area contributed by atoms with E-state index in [1.54, 1.807) is 23.2 Å².